The molecular weight excluding hydrogens is 513 g/mol. The normalized spacial score (nSPS) is 11.4. The summed E-state index contributed by atoms with van der Waals surface area (Å²) in [6.45, 7) is 11.8. The topological polar surface area (TPSA) is 87.6 Å². The molecule has 0 radical (unpaired) electrons. The van der Waals surface area contributed by atoms with Gasteiger partial charge in [-0.3, -0.25) is 5.32 Å². The molecule has 2 rings (SSSR count). The number of carbonyl (C=O) groups excluding carboxylic acids is 1. The highest BCUT2D eigenvalue weighted by molar-refractivity contribution is 14.0. The van der Waals surface area contributed by atoms with Crippen molar-refractivity contribution in [3.05, 3.63) is 45.9 Å². The van der Waals surface area contributed by atoms with Crippen LogP contribution in [-0.4, -0.2) is 35.7 Å². The van der Waals surface area contributed by atoms with Gasteiger partial charge in [-0.2, -0.15) is 0 Å². The minimum absolute atomic E-state index is 0. The molecule has 0 atom stereocenters. The number of benzene rings is 1. The van der Waals surface area contributed by atoms with Gasteiger partial charge >= 0.3 is 6.09 Å². The molecule has 0 unspecified atom stereocenters. The van der Waals surface area contributed by atoms with Crippen molar-refractivity contribution in [1.82, 2.24) is 15.6 Å². The fourth-order valence-electron chi connectivity index (χ4n) is 2.47. The van der Waals surface area contributed by atoms with Crippen LogP contribution in [0.4, 0.5) is 10.5 Å². The van der Waals surface area contributed by atoms with Crippen LogP contribution in [-0.2, 0) is 17.7 Å². The predicted octanol–water partition coefficient (Wildman–Crippen LogP) is 4.71. The lowest BCUT2D eigenvalue weighted by atomic mass is 10.1. The molecule has 0 aliphatic rings. The summed E-state index contributed by atoms with van der Waals surface area (Å²) in [5, 5.41) is 9.36. The standard InChI is InChI=1S/C21H31N5O2S.HI/c1-6-22-19(24-13-18-15(2)25-14-29-18)23-12-11-16-7-9-17(10-8-16)26-20(27)28-21(3,4)5;/h7-10,14H,6,11-13H2,1-5H3,(H,26,27)(H2,22,23,24);1H. The van der Waals surface area contributed by atoms with E-state index in [9.17, 15) is 4.79 Å². The summed E-state index contributed by atoms with van der Waals surface area (Å²) in [6, 6.07) is 7.76. The summed E-state index contributed by atoms with van der Waals surface area (Å²) in [6.07, 6.45) is 0.395. The van der Waals surface area contributed by atoms with Crippen molar-refractivity contribution in [1.29, 1.82) is 0 Å². The van der Waals surface area contributed by atoms with Crippen LogP contribution in [0.25, 0.3) is 0 Å². The van der Waals surface area contributed by atoms with Gasteiger partial charge in [-0.05, 0) is 58.7 Å². The van der Waals surface area contributed by atoms with Gasteiger partial charge < -0.3 is 15.4 Å². The molecule has 0 aliphatic heterocycles. The molecule has 1 heterocycles. The molecule has 30 heavy (non-hydrogen) atoms. The maximum atomic E-state index is 11.8. The van der Waals surface area contributed by atoms with Crippen molar-refractivity contribution >= 4 is 53.1 Å². The number of rotatable bonds is 7. The van der Waals surface area contributed by atoms with E-state index in [0.29, 0.717) is 12.2 Å². The molecule has 2 aromatic rings. The van der Waals surface area contributed by atoms with Crippen molar-refractivity contribution in [3.63, 3.8) is 0 Å². The maximum absolute atomic E-state index is 11.8. The lowest BCUT2D eigenvalue weighted by Gasteiger charge is -2.19. The molecule has 166 valence electrons. The molecule has 0 bridgehead atoms. The fourth-order valence-corrected chi connectivity index (χ4v) is 3.17. The summed E-state index contributed by atoms with van der Waals surface area (Å²) < 4.78 is 5.26. The lowest BCUT2D eigenvalue weighted by molar-refractivity contribution is 0.0636. The Bertz CT molecular complexity index is 816. The van der Waals surface area contributed by atoms with E-state index in [-0.39, 0.29) is 24.0 Å². The third-order valence-electron chi connectivity index (χ3n) is 3.88. The van der Waals surface area contributed by atoms with Gasteiger partial charge in [0.1, 0.15) is 5.60 Å². The number of aromatic nitrogens is 1. The van der Waals surface area contributed by atoms with Crippen LogP contribution in [0.15, 0.2) is 34.8 Å². The van der Waals surface area contributed by atoms with Gasteiger partial charge in [-0.25, -0.2) is 14.8 Å². The second-order valence-electron chi connectivity index (χ2n) is 7.56. The van der Waals surface area contributed by atoms with Gasteiger partial charge in [0.2, 0.25) is 0 Å². The van der Waals surface area contributed by atoms with Gasteiger partial charge in [0.25, 0.3) is 0 Å². The van der Waals surface area contributed by atoms with Crippen LogP contribution in [0.3, 0.4) is 0 Å². The third kappa shape index (κ3) is 9.75. The van der Waals surface area contributed by atoms with Crippen molar-refractivity contribution in [2.75, 3.05) is 18.4 Å². The first-order chi connectivity index (χ1) is 13.8. The molecule has 0 saturated heterocycles. The Kier molecular flexibility index (Phi) is 11.1. The number of guanidine groups is 1. The molecular formula is C21H32IN5O2S. The first-order valence-electron chi connectivity index (χ1n) is 9.77. The van der Waals surface area contributed by atoms with Gasteiger partial charge in [0.05, 0.1) is 17.7 Å². The number of nitrogens with one attached hydrogen (secondary N) is 3. The monoisotopic (exact) mass is 545 g/mol. The second kappa shape index (κ2) is 12.7. The Morgan fingerprint density at radius 2 is 1.90 bits per heavy atom. The van der Waals surface area contributed by atoms with Gasteiger partial charge in [0.15, 0.2) is 5.96 Å². The van der Waals surface area contributed by atoms with E-state index in [1.165, 1.54) is 10.4 Å². The van der Waals surface area contributed by atoms with Gasteiger partial charge in [0, 0.05) is 23.7 Å². The van der Waals surface area contributed by atoms with E-state index in [1.807, 2.05) is 64.4 Å². The van der Waals surface area contributed by atoms with Crippen LogP contribution in [0.2, 0.25) is 0 Å². The number of hydrogen-bond donors (Lipinski definition) is 3. The molecule has 1 amide bonds. The number of aryl methyl sites for hydroxylation is 1. The van der Waals surface area contributed by atoms with Crippen molar-refractivity contribution in [2.24, 2.45) is 4.99 Å². The van der Waals surface area contributed by atoms with E-state index >= 15 is 0 Å². The number of hydrogen-bond acceptors (Lipinski definition) is 5. The molecule has 1 aromatic carbocycles. The zero-order valence-electron chi connectivity index (χ0n) is 18.2. The zero-order valence-corrected chi connectivity index (χ0v) is 21.4. The smallest absolute Gasteiger partial charge is 0.412 e. The predicted molar refractivity (Wildman–Crippen MR) is 135 cm³/mol. The molecule has 0 spiro atoms. The molecule has 7 nitrogen and oxygen atoms in total. The van der Waals surface area contributed by atoms with Crippen LogP contribution in [0, 0.1) is 6.92 Å². The number of halogens is 1. The maximum Gasteiger partial charge on any atom is 0.412 e. The molecule has 0 aliphatic carbocycles. The molecule has 0 saturated carbocycles. The summed E-state index contributed by atoms with van der Waals surface area (Å²) in [7, 11) is 0. The number of amides is 1. The number of anilines is 1. The minimum atomic E-state index is -0.514. The molecule has 0 fully saturated rings. The van der Waals surface area contributed by atoms with E-state index in [2.05, 4.69) is 25.9 Å². The Balaban J connectivity index is 0.00000450. The third-order valence-corrected chi connectivity index (χ3v) is 4.80. The first-order valence-corrected chi connectivity index (χ1v) is 10.6. The van der Waals surface area contributed by atoms with E-state index < -0.39 is 11.7 Å². The zero-order chi connectivity index (χ0) is 21.3. The molecule has 9 heteroatoms. The first kappa shape index (κ1) is 26.2. The average molecular weight is 545 g/mol. The molecule has 1 aromatic heterocycles. The Hall–Kier alpha value is -1.88. The summed E-state index contributed by atoms with van der Waals surface area (Å²) in [5.41, 5.74) is 4.25. The number of carbonyl (C=O) groups is 1. The Morgan fingerprint density at radius 3 is 2.47 bits per heavy atom. The number of aliphatic imine (C=N–C) groups is 1. The number of ether oxygens (including phenoxy) is 1. The van der Waals surface area contributed by atoms with Gasteiger partial charge in [-0.15, -0.1) is 35.3 Å². The summed E-state index contributed by atoms with van der Waals surface area (Å²) in [4.78, 5) is 21.9. The van der Waals surface area contributed by atoms with Gasteiger partial charge in [-0.1, -0.05) is 12.1 Å². The van der Waals surface area contributed by atoms with Crippen LogP contribution < -0.4 is 16.0 Å². The van der Waals surface area contributed by atoms with Crippen LogP contribution in [0.5, 0.6) is 0 Å². The second-order valence-corrected chi connectivity index (χ2v) is 8.50. The fraction of sp³-hybridized carbons (Fsp3) is 0.476. The Labute approximate surface area is 200 Å². The van der Waals surface area contributed by atoms with E-state index in [0.717, 1.165) is 31.2 Å². The quantitative estimate of drug-likeness (QED) is 0.267. The van der Waals surface area contributed by atoms with Crippen LogP contribution >= 0.6 is 35.3 Å². The Morgan fingerprint density at radius 1 is 1.20 bits per heavy atom. The average Bonchev–Trinajstić information content (AvgIpc) is 3.04. The SMILES string of the molecule is CCNC(=NCc1scnc1C)NCCc1ccc(NC(=O)OC(C)(C)C)cc1.I. The minimum Gasteiger partial charge on any atom is -0.444 e. The summed E-state index contributed by atoms with van der Waals surface area (Å²) in [5.74, 6) is 0.795. The number of nitrogens with zero attached hydrogens (tertiary/aromatic N) is 2. The highest BCUT2D eigenvalue weighted by Gasteiger charge is 2.16. The highest BCUT2D eigenvalue weighted by atomic mass is 127. The van der Waals surface area contributed by atoms with Crippen LogP contribution in [0.1, 0.15) is 43.8 Å². The van der Waals surface area contributed by atoms with E-state index in [1.54, 1.807) is 11.3 Å². The largest absolute Gasteiger partial charge is 0.444 e. The highest BCUT2D eigenvalue weighted by Crippen LogP contribution is 2.14. The van der Waals surface area contributed by atoms with Crippen molar-refractivity contribution < 1.29 is 9.53 Å². The van der Waals surface area contributed by atoms with Crippen molar-refractivity contribution in [3.8, 4) is 0 Å². The van der Waals surface area contributed by atoms with Crippen molar-refractivity contribution in [2.45, 2.75) is 53.2 Å². The lowest BCUT2D eigenvalue weighted by Crippen LogP contribution is -2.38. The molecule has 3 N–H and O–H groups in total. The summed E-state index contributed by atoms with van der Waals surface area (Å²) >= 11 is 1.63. The van der Waals surface area contributed by atoms with E-state index in [4.69, 9.17) is 4.74 Å². The number of thiazole rings is 1.